The van der Waals surface area contributed by atoms with Crippen LogP contribution in [-0.4, -0.2) is 16.6 Å². The minimum absolute atomic E-state index is 0.317. The van der Waals surface area contributed by atoms with Gasteiger partial charge in [0.25, 0.3) is 0 Å². The lowest BCUT2D eigenvalue weighted by Crippen LogP contribution is -2.00. The molecule has 142 valence electrons. The summed E-state index contributed by atoms with van der Waals surface area (Å²) < 4.78 is 5.78. The number of aromatic amines is 1. The topological polar surface area (TPSA) is 37.9 Å². The van der Waals surface area contributed by atoms with Crippen LogP contribution < -0.4 is 0 Å². The highest BCUT2D eigenvalue weighted by atomic mass is 35.5. The third-order valence-electron chi connectivity index (χ3n) is 3.94. The molecule has 3 rings (SSSR count). The normalized spacial score (nSPS) is 11.3. The van der Waals surface area contributed by atoms with Crippen LogP contribution in [0.5, 0.6) is 0 Å². The van der Waals surface area contributed by atoms with E-state index in [0.717, 1.165) is 27.9 Å². The van der Waals surface area contributed by atoms with Gasteiger partial charge in [0, 0.05) is 21.4 Å². The quantitative estimate of drug-likeness (QED) is 0.409. The zero-order valence-corrected chi connectivity index (χ0v) is 17.7. The lowest BCUT2D eigenvalue weighted by atomic mass is 10.2. The molecular weight excluding hydrogens is 399 g/mol. The Morgan fingerprint density at radius 1 is 1.07 bits per heavy atom. The number of ether oxygens (including phenoxy) is 1. The Hall–Kier alpha value is -1.46. The average Bonchev–Trinajstić information content (AvgIpc) is 3.02. The molecule has 0 radical (unpaired) electrons. The van der Waals surface area contributed by atoms with Gasteiger partial charge in [-0.25, -0.2) is 4.98 Å². The van der Waals surface area contributed by atoms with Crippen molar-refractivity contribution >= 4 is 35.0 Å². The standard InChI is InChI=1S/C21H22Cl2N2OS/c1-14(2)20-21(27-18-11-16(22)10-17(23)12-18)25-19(24-20)8-9-26-13-15-6-4-3-5-7-15/h3-7,10-12,14H,8-9,13H2,1-2H3,(H,24,25). The number of aromatic nitrogens is 2. The fraction of sp³-hybridized carbons (Fsp3) is 0.286. The monoisotopic (exact) mass is 420 g/mol. The van der Waals surface area contributed by atoms with E-state index in [4.69, 9.17) is 32.9 Å². The van der Waals surface area contributed by atoms with E-state index in [0.29, 0.717) is 29.2 Å². The van der Waals surface area contributed by atoms with Crippen LogP contribution in [0.1, 0.15) is 36.8 Å². The molecule has 1 N–H and O–H groups in total. The van der Waals surface area contributed by atoms with Crippen LogP contribution in [0.4, 0.5) is 0 Å². The predicted molar refractivity (Wildman–Crippen MR) is 113 cm³/mol. The third-order valence-corrected chi connectivity index (χ3v) is 5.37. The number of nitrogens with one attached hydrogen (secondary N) is 1. The highest BCUT2D eigenvalue weighted by molar-refractivity contribution is 7.99. The van der Waals surface area contributed by atoms with Crippen LogP contribution >= 0.6 is 35.0 Å². The fourth-order valence-electron chi connectivity index (χ4n) is 2.65. The lowest BCUT2D eigenvalue weighted by Gasteiger charge is -2.06. The van der Waals surface area contributed by atoms with E-state index in [1.807, 2.05) is 30.3 Å². The molecule has 0 saturated carbocycles. The summed E-state index contributed by atoms with van der Waals surface area (Å²) in [6.45, 7) is 5.51. The molecule has 0 aliphatic heterocycles. The summed E-state index contributed by atoms with van der Waals surface area (Å²) in [5, 5.41) is 2.29. The van der Waals surface area contributed by atoms with Gasteiger partial charge in [-0.05, 0) is 29.7 Å². The minimum atomic E-state index is 0.317. The fourth-order valence-corrected chi connectivity index (χ4v) is 4.46. The molecule has 6 heteroatoms. The van der Waals surface area contributed by atoms with E-state index in [2.05, 4.69) is 31.0 Å². The zero-order valence-electron chi connectivity index (χ0n) is 15.3. The maximum Gasteiger partial charge on any atom is 0.109 e. The van der Waals surface area contributed by atoms with Gasteiger partial charge in [0.15, 0.2) is 0 Å². The van der Waals surface area contributed by atoms with E-state index >= 15 is 0 Å². The van der Waals surface area contributed by atoms with Gasteiger partial charge in [-0.15, -0.1) is 0 Å². The maximum atomic E-state index is 6.12. The van der Waals surface area contributed by atoms with Gasteiger partial charge in [-0.2, -0.15) is 0 Å². The summed E-state index contributed by atoms with van der Waals surface area (Å²) in [7, 11) is 0. The Kier molecular flexibility index (Phi) is 7.25. The number of halogens is 2. The first-order valence-corrected chi connectivity index (χ1v) is 10.4. The maximum absolute atomic E-state index is 6.12. The highest BCUT2D eigenvalue weighted by Crippen LogP contribution is 2.35. The molecule has 0 saturated heterocycles. The van der Waals surface area contributed by atoms with E-state index in [9.17, 15) is 0 Å². The second-order valence-electron chi connectivity index (χ2n) is 6.55. The second kappa shape index (κ2) is 9.65. The molecule has 0 aliphatic carbocycles. The van der Waals surface area contributed by atoms with Crippen molar-refractivity contribution in [2.45, 2.75) is 42.7 Å². The van der Waals surface area contributed by atoms with Crippen LogP contribution in [-0.2, 0) is 17.8 Å². The van der Waals surface area contributed by atoms with Gasteiger partial charge in [-0.3, -0.25) is 0 Å². The van der Waals surface area contributed by atoms with Crippen molar-refractivity contribution in [1.82, 2.24) is 9.97 Å². The molecule has 1 aromatic heterocycles. The third kappa shape index (κ3) is 6.01. The molecule has 0 aliphatic rings. The average molecular weight is 421 g/mol. The SMILES string of the molecule is CC(C)c1nc(CCOCc2ccccc2)[nH]c1Sc1cc(Cl)cc(Cl)c1. The van der Waals surface area contributed by atoms with Crippen LogP contribution in [0.25, 0.3) is 0 Å². The number of benzene rings is 2. The number of imidazole rings is 1. The van der Waals surface area contributed by atoms with Crippen LogP contribution in [0.3, 0.4) is 0 Å². The van der Waals surface area contributed by atoms with Crippen molar-refractivity contribution in [3.63, 3.8) is 0 Å². The molecule has 0 fully saturated rings. The number of rotatable bonds is 8. The first kappa shape index (κ1) is 20.3. The Labute approximate surface area is 174 Å². The largest absolute Gasteiger partial charge is 0.376 e. The van der Waals surface area contributed by atoms with E-state index in [1.165, 1.54) is 5.56 Å². The molecule has 0 spiro atoms. The highest BCUT2D eigenvalue weighted by Gasteiger charge is 2.15. The molecule has 0 atom stereocenters. The number of hydrogen-bond donors (Lipinski definition) is 1. The first-order chi connectivity index (χ1) is 13.0. The van der Waals surface area contributed by atoms with Gasteiger partial charge < -0.3 is 9.72 Å². The van der Waals surface area contributed by atoms with Gasteiger partial charge in [0.05, 0.1) is 18.9 Å². The van der Waals surface area contributed by atoms with Crippen molar-refractivity contribution in [2.75, 3.05) is 6.61 Å². The van der Waals surface area contributed by atoms with Gasteiger partial charge in [0.2, 0.25) is 0 Å². The van der Waals surface area contributed by atoms with Crippen LogP contribution in [0.15, 0.2) is 58.5 Å². The summed E-state index contributed by atoms with van der Waals surface area (Å²) in [4.78, 5) is 9.20. The van der Waals surface area contributed by atoms with Gasteiger partial charge in [-0.1, -0.05) is 79.1 Å². The number of H-pyrrole nitrogens is 1. The summed E-state index contributed by atoms with van der Waals surface area (Å²) >= 11 is 13.8. The molecule has 3 aromatic rings. The summed E-state index contributed by atoms with van der Waals surface area (Å²) in [5.74, 6) is 1.25. The molecule has 27 heavy (non-hydrogen) atoms. The summed E-state index contributed by atoms with van der Waals surface area (Å²) in [5.41, 5.74) is 2.23. The molecular formula is C21H22Cl2N2OS. The summed E-state index contributed by atoms with van der Waals surface area (Å²) in [6.07, 6.45) is 0.739. The van der Waals surface area contributed by atoms with Crippen molar-refractivity contribution in [2.24, 2.45) is 0 Å². The molecule has 1 heterocycles. The Morgan fingerprint density at radius 3 is 2.44 bits per heavy atom. The van der Waals surface area contributed by atoms with Crippen LogP contribution in [0, 0.1) is 0 Å². The van der Waals surface area contributed by atoms with Crippen molar-refractivity contribution < 1.29 is 4.74 Å². The smallest absolute Gasteiger partial charge is 0.109 e. The zero-order chi connectivity index (χ0) is 19.2. The van der Waals surface area contributed by atoms with Crippen molar-refractivity contribution in [1.29, 1.82) is 0 Å². The number of hydrogen-bond acceptors (Lipinski definition) is 3. The molecule has 0 bridgehead atoms. The molecule has 0 unspecified atom stereocenters. The number of nitrogens with zero attached hydrogens (tertiary/aromatic N) is 1. The molecule has 0 amide bonds. The van der Waals surface area contributed by atoms with Crippen LogP contribution in [0.2, 0.25) is 10.0 Å². The van der Waals surface area contributed by atoms with Gasteiger partial charge >= 0.3 is 0 Å². The summed E-state index contributed by atoms with van der Waals surface area (Å²) in [6, 6.07) is 15.7. The van der Waals surface area contributed by atoms with Gasteiger partial charge in [0.1, 0.15) is 10.9 Å². The molecule has 3 nitrogen and oxygen atoms in total. The predicted octanol–water partition coefficient (Wildman–Crippen LogP) is 6.75. The Morgan fingerprint density at radius 2 is 1.78 bits per heavy atom. The van der Waals surface area contributed by atoms with E-state index < -0.39 is 0 Å². The first-order valence-electron chi connectivity index (χ1n) is 8.85. The van der Waals surface area contributed by atoms with E-state index in [1.54, 1.807) is 17.8 Å². The van der Waals surface area contributed by atoms with Crippen molar-refractivity contribution in [3.05, 3.63) is 75.7 Å². The van der Waals surface area contributed by atoms with E-state index in [-0.39, 0.29) is 0 Å². The lowest BCUT2D eigenvalue weighted by molar-refractivity contribution is 0.122. The second-order valence-corrected chi connectivity index (χ2v) is 8.50. The Bertz CT molecular complexity index is 861. The molecule has 2 aromatic carbocycles. The minimum Gasteiger partial charge on any atom is -0.376 e. The van der Waals surface area contributed by atoms with Crippen molar-refractivity contribution in [3.8, 4) is 0 Å². The Balaban J connectivity index is 1.64.